The van der Waals surface area contributed by atoms with Crippen LogP contribution < -0.4 is 4.74 Å². The van der Waals surface area contributed by atoms with Gasteiger partial charge in [0.05, 0.1) is 15.4 Å². The van der Waals surface area contributed by atoms with Gasteiger partial charge >= 0.3 is 5.97 Å². The molecule has 1 aliphatic heterocycles. The molecule has 0 aromatic heterocycles. The van der Waals surface area contributed by atoms with Crippen molar-refractivity contribution in [2.45, 2.75) is 18.3 Å². The molecule has 0 radical (unpaired) electrons. The maximum atomic E-state index is 12.2. The van der Waals surface area contributed by atoms with Gasteiger partial charge in [-0.3, -0.25) is 4.79 Å². The highest BCUT2D eigenvalue weighted by Crippen LogP contribution is 2.29. The smallest absolute Gasteiger partial charge is 0.327 e. The number of aliphatic carboxylic acids is 1. The Bertz CT molecular complexity index is 569. The van der Waals surface area contributed by atoms with Gasteiger partial charge in [0.25, 0.3) is 5.91 Å². The van der Waals surface area contributed by atoms with E-state index in [9.17, 15) is 9.59 Å². The maximum Gasteiger partial charge on any atom is 0.327 e. The Morgan fingerprint density at radius 3 is 2.76 bits per heavy atom. The third-order valence-corrected chi connectivity index (χ3v) is 5.01. The van der Waals surface area contributed by atoms with Crippen LogP contribution in [0.5, 0.6) is 5.75 Å². The topological polar surface area (TPSA) is 66.8 Å². The number of carboxylic acids is 1. The Hall–Kier alpha value is -1.11. The molecule has 21 heavy (non-hydrogen) atoms. The predicted octanol–water partition coefficient (Wildman–Crippen LogP) is 2.75. The lowest BCUT2D eigenvalue weighted by atomic mass is 10.3. The Kier molecular flexibility index (Phi) is 5.24. The number of amides is 1. The average Bonchev–Trinajstić information content (AvgIpc) is 2.82. The summed E-state index contributed by atoms with van der Waals surface area (Å²) in [6, 6.07) is 3.86. The third-order valence-electron chi connectivity index (χ3n) is 3.05. The van der Waals surface area contributed by atoms with E-state index in [1.54, 1.807) is 19.1 Å². The monoisotopic (exact) mass is 349 g/mol. The summed E-state index contributed by atoms with van der Waals surface area (Å²) in [5, 5.41) is 9.66. The van der Waals surface area contributed by atoms with Crippen molar-refractivity contribution in [2.75, 3.05) is 12.4 Å². The van der Waals surface area contributed by atoms with E-state index in [-0.39, 0.29) is 17.9 Å². The number of carbonyl (C=O) groups is 2. The summed E-state index contributed by atoms with van der Waals surface area (Å²) in [5.74, 6) is -0.584. The second kappa shape index (κ2) is 6.77. The van der Waals surface area contributed by atoms with Gasteiger partial charge in [0.2, 0.25) is 0 Å². The molecule has 0 spiro atoms. The van der Waals surface area contributed by atoms with Crippen molar-refractivity contribution in [1.29, 1.82) is 0 Å². The molecule has 1 amide bonds. The van der Waals surface area contributed by atoms with Crippen LogP contribution in [0.2, 0.25) is 10.0 Å². The zero-order valence-corrected chi connectivity index (χ0v) is 13.4. The zero-order chi connectivity index (χ0) is 15.6. The second-order valence-electron chi connectivity index (χ2n) is 4.45. The Morgan fingerprint density at radius 1 is 1.43 bits per heavy atom. The molecule has 5 nitrogen and oxygen atoms in total. The van der Waals surface area contributed by atoms with Crippen molar-refractivity contribution in [1.82, 2.24) is 4.90 Å². The molecule has 1 saturated heterocycles. The first-order valence-electron chi connectivity index (χ1n) is 6.13. The number of carbonyl (C=O) groups excluding carboxylic acids is 1. The van der Waals surface area contributed by atoms with Crippen molar-refractivity contribution >= 4 is 46.8 Å². The van der Waals surface area contributed by atoms with Crippen LogP contribution in [0.4, 0.5) is 0 Å². The molecule has 0 bridgehead atoms. The molecule has 1 heterocycles. The van der Waals surface area contributed by atoms with Crippen molar-refractivity contribution in [2.24, 2.45) is 0 Å². The van der Waals surface area contributed by atoms with Gasteiger partial charge in [-0.1, -0.05) is 23.2 Å². The molecule has 1 fully saturated rings. The normalized spacial score (nSPS) is 21.4. The SMILES string of the molecule is CC1SCC(C(=O)O)N1C(=O)COc1ccc(Cl)c(Cl)c1. The minimum absolute atomic E-state index is 0.184. The number of hydrogen-bond donors (Lipinski definition) is 1. The van der Waals surface area contributed by atoms with Gasteiger partial charge < -0.3 is 14.7 Å². The minimum atomic E-state index is -1.00. The van der Waals surface area contributed by atoms with Crippen LogP contribution in [0.3, 0.4) is 0 Å². The van der Waals surface area contributed by atoms with Gasteiger partial charge in [-0.15, -0.1) is 11.8 Å². The first-order chi connectivity index (χ1) is 9.90. The predicted molar refractivity (Wildman–Crippen MR) is 82.1 cm³/mol. The molecule has 114 valence electrons. The first kappa shape index (κ1) is 16.3. The van der Waals surface area contributed by atoms with Gasteiger partial charge in [0.1, 0.15) is 11.8 Å². The average molecular weight is 350 g/mol. The number of halogens is 2. The first-order valence-corrected chi connectivity index (χ1v) is 7.94. The van der Waals surface area contributed by atoms with E-state index in [4.69, 9.17) is 33.0 Å². The highest BCUT2D eigenvalue weighted by atomic mass is 35.5. The van der Waals surface area contributed by atoms with Crippen LogP contribution in [0.15, 0.2) is 18.2 Å². The second-order valence-corrected chi connectivity index (χ2v) is 6.62. The molecular formula is C13H13Cl2NO4S. The molecule has 2 rings (SSSR count). The van der Waals surface area contributed by atoms with Crippen LogP contribution in [0.1, 0.15) is 6.92 Å². The number of ether oxygens (including phenoxy) is 1. The molecule has 1 N–H and O–H groups in total. The standard InChI is InChI=1S/C13H13Cl2NO4S/c1-7-16(11(6-21-7)13(18)19)12(17)5-20-8-2-3-9(14)10(15)4-8/h2-4,7,11H,5-6H2,1H3,(H,18,19). The summed E-state index contributed by atoms with van der Waals surface area (Å²) in [7, 11) is 0. The van der Waals surface area contributed by atoms with Crippen molar-refractivity contribution in [3.63, 3.8) is 0 Å². The van der Waals surface area contributed by atoms with E-state index >= 15 is 0 Å². The van der Waals surface area contributed by atoms with E-state index in [0.29, 0.717) is 21.5 Å². The summed E-state index contributed by atoms with van der Waals surface area (Å²) in [6.07, 6.45) is 0. The summed E-state index contributed by atoms with van der Waals surface area (Å²) in [5.41, 5.74) is 0. The lowest BCUT2D eigenvalue weighted by Crippen LogP contribution is -2.46. The Labute approximate surface area is 136 Å². The van der Waals surface area contributed by atoms with E-state index < -0.39 is 12.0 Å². The van der Waals surface area contributed by atoms with E-state index in [0.717, 1.165) is 0 Å². The highest BCUT2D eigenvalue weighted by molar-refractivity contribution is 8.00. The van der Waals surface area contributed by atoms with Gasteiger partial charge in [0.15, 0.2) is 6.61 Å². The van der Waals surface area contributed by atoms with Crippen LogP contribution >= 0.6 is 35.0 Å². The third kappa shape index (κ3) is 3.75. The van der Waals surface area contributed by atoms with Gasteiger partial charge in [-0.2, -0.15) is 0 Å². The van der Waals surface area contributed by atoms with Crippen molar-refractivity contribution in [3.8, 4) is 5.75 Å². The maximum absolute atomic E-state index is 12.2. The van der Waals surface area contributed by atoms with Crippen molar-refractivity contribution in [3.05, 3.63) is 28.2 Å². The summed E-state index contributed by atoms with van der Waals surface area (Å²) >= 11 is 13.1. The molecule has 0 aliphatic carbocycles. The fourth-order valence-electron chi connectivity index (χ4n) is 2.00. The molecule has 2 atom stereocenters. The van der Waals surface area contributed by atoms with Crippen LogP contribution in [-0.4, -0.2) is 45.7 Å². The lowest BCUT2D eigenvalue weighted by molar-refractivity contribution is -0.149. The lowest BCUT2D eigenvalue weighted by Gasteiger charge is -2.24. The van der Waals surface area contributed by atoms with Crippen LogP contribution in [0, 0.1) is 0 Å². The van der Waals surface area contributed by atoms with E-state index in [1.807, 2.05) is 0 Å². The van der Waals surface area contributed by atoms with Gasteiger partial charge in [-0.25, -0.2) is 4.79 Å². The molecule has 1 aliphatic rings. The quantitative estimate of drug-likeness (QED) is 0.905. The Morgan fingerprint density at radius 2 is 2.14 bits per heavy atom. The fraction of sp³-hybridized carbons (Fsp3) is 0.385. The largest absolute Gasteiger partial charge is 0.484 e. The molecule has 2 unspecified atom stereocenters. The van der Waals surface area contributed by atoms with Gasteiger partial charge in [0, 0.05) is 11.8 Å². The van der Waals surface area contributed by atoms with Gasteiger partial charge in [-0.05, 0) is 19.1 Å². The van der Waals surface area contributed by atoms with Crippen LogP contribution in [-0.2, 0) is 9.59 Å². The number of nitrogens with zero attached hydrogens (tertiary/aromatic N) is 1. The molecule has 0 saturated carbocycles. The number of rotatable bonds is 4. The fourth-order valence-corrected chi connectivity index (χ4v) is 3.47. The zero-order valence-electron chi connectivity index (χ0n) is 11.1. The van der Waals surface area contributed by atoms with Crippen LogP contribution in [0.25, 0.3) is 0 Å². The summed E-state index contributed by atoms with van der Waals surface area (Å²) < 4.78 is 5.36. The number of carboxylic acid groups (broad SMARTS) is 1. The minimum Gasteiger partial charge on any atom is -0.484 e. The number of thioether (sulfide) groups is 1. The molecule has 8 heteroatoms. The van der Waals surface area contributed by atoms with E-state index in [1.165, 1.54) is 22.7 Å². The molecular weight excluding hydrogens is 337 g/mol. The number of hydrogen-bond acceptors (Lipinski definition) is 4. The molecule has 1 aromatic carbocycles. The summed E-state index contributed by atoms with van der Waals surface area (Å²) in [6.45, 7) is 1.55. The molecule has 1 aromatic rings. The Balaban J connectivity index is 2.00. The number of benzene rings is 1. The highest BCUT2D eigenvalue weighted by Gasteiger charge is 2.39. The van der Waals surface area contributed by atoms with E-state index in [2.05, 4.69) is 0 Å². The van der Waals surface area contributed by atoms with Crippen molar-refractivity contribution < 1.29 is 19.4 Å². The summed E-state index contributed by atoms with van der Waals surface area (Å²) in [4.78, 5) is 24.6.